The van der Waals surface area contributed by atoms with E-state index in [1.54, 1.807) is 12.2 Å². The number of nitro benzene ring substituents is 1. The topological polar surface area (TPSA) is 146 Å². The molecule has 166 valence electrons. The number of carboxylic acids is 1. The minimum atomic E-state index is -1.25. The Balaban J connectivity index is 1.64. The van der Waals surface area contributed by atoms with Crippen LogP contribution in [0.2, 0.25) is 0 Å². The highest BCUT2D eigenvalue weighted by molar-refractivity contribution is 6.36. The molecule has 0 radical (unpaired) electrons. The number of carbonyl (C=O) groups is 3. The fourth-order valence-corrected chi connectivity index (χ4v) is 3.93. The zero-order valence-corrected chi connectivity index (χ0v) is 17.3. The van der Waals surface area contributed by atoms with Crippen LogP contribution in [0.25, 0.3) is 23.1 Å². The number of carboxylic acid groups (broad SMARTS) is 1. The molecule has 34 heavy (non-hydrogen) atoms. The van der Waals surface area contributed by atoms with Crippen molar-refractivity contribution >= 4 is 52.2 Å². The van der Waals surface area contributed by atoms with Gasteiger partial charge in [-0.2, -0.15) is 5.10 Å². The molecule has 0 aliphatic carbocycles. The number of anilines is 1. The molecule has 2 amide bonds. The van der Waals surface area contributed by atoms with E-state index in [2.05, 4.69) is 10.2 Å². The summed E-state index contributed by atoms with van der Waals surface area (Å²) in [5.74, 6) is -2.92. The molecule has 1 aromatic heterocycles. The van der Waals surface area contributed by atoms with Crippen molar-refractivity contribution < 1.29 is 24.4 Å². The molecular formula is C24H14N4O6. The number of rotatable bonds is 5. The van der Waals surface area contributed by atoms with Crippen LogP contribution in [0, 0.1) is 10.1 Å². The average molecular weight is 454 g/mol. The lowest BCUT2D eigenvalue weighted by atomic mass is 10.1. The molecule has 0 saturated heterocycles. The van der Waals surface area contributed by atoms with Crippen molar-refractivity contribution in [2.24, 2.45) is 0 Å². The molecule has 0 spiro atoms. The van der Waals surface area contributed by atoms with Crippen LogP contribution >= 0.6 is 0 Å². The first-order valence-electron chi connectivity index (χ1n) is 10.0. The summed E-state index contributed by atoms with van der Waals surface area (Å²) in [5.41, 5.74) is 0.680. The number of para-hydroxylation sites is 1. The Morgan fingerprint density at radius 1 is 1.03 bits per heavy atom. The van der Waals surface area contributed by atoms with Crippen LogP contribution in [-0.2, 0) is 0 Å². The lowest BCUT2D eigenvalue weighted by Gasteiger charge is -2.17. The number of benzene rings is 3. The van der Waals surface area contributed by atoms with Gasteiger partial charge >= 0.3 is 5.97 Å². The third-order valence-corrected chi connectivity index (χ3v) is 5.53. The first kappa shape index (κ1) is 20.8. The Labute approximate surface area is 190 Å². The van der Waals surface area contributed by atoms with Gasteiger partial charge in [0.2, 0.25) is 0 Å². The second-order valence-corrected chi connectivity index (χ2v) is 7.47. The maximum absolute atomic E-state index is 13.2. The molecule has 5 rings (SSSR count). The van der Waals surface area contributed by atoms with Crippen LogP contribution in [0.5, 0.6) is 0 Å². The molecule has 0 atom stereocenters. The van der Waals surface area contributed by atoms with Crippen molar-refractivity contribution in [3.63, 3.8) is 0 Å². The number of nitrogens with zero attached hydrogens (tertiary/aromatic N) is 3. The molecular weight excluding hydrogens is 440 g/mol. The number of nitrogens with one attached hydrogen (secondary N) is 1. The van der Waals surface area contributed by atoms with Crippen LogP contribution in [0.4, 0.5) is 11.4 Å². The largest absolute Gasteiger partial charge is 0.478 e. The van der Waals surface area contributed by atoms with Gasteiger partial charge in [-0.3, -0.25) is 24.8 Å². The summed E-state index contributed by atoms with van der Waals surface area (Å²) in [4.78, 5) is 49.4. The molecule has 0 fully saturated rings. The van der Waals surface area contributed by atoms with E-state index < -0.39 is 28.4 Å². The van der Waals surface area contributed by atoms with E-state index in [0.29, 0.717) is 11.3 Å². The third-order valence-electron chi connectivity index (χ3n) is 5.53. The Hall–Kier alpha value is -5.12. The van der Waals surface area contributed by atoms with Crippen molar-refractivity contribution in [1.82, 2.24) is 10.2 Å². The lowest BCUT2D eigenvalue weighted by molar-refractivity contribution is -0.385. The number of hydrogen-bond acceptors (Lipinski definition) is 6. The molecule has 1 aliphatic rings. The number of aromatic amines is 1. The number of hydrogen-bond donors (Lipinski definition) is 2. The molecule has 10 heteroatoms. The molecule has 10 nitrogen and oxygen atoms in total. The van der Waals surface area contributed by atoms with Gasteiger partial charge in [-0.05, 0) is 35.9 Å². The van der Waals surface area contributed by atoms with E-state index in [0.717, 1.165) is 21.9 Å². The van der Waals surface area contributed by atoms with E-state index in [1.807, 2.05) is 24.3 Å². The fourth-order valence-electron chi connectivity index (χ4n) is 3.93. The van der Waals surface area contributed by atoms with Gasteiger partial charge in [-0.1, -0.05) is 36.4 Å². The second-order valence-electron chi connectivity index (χ2n) is 7.47. The van der Waals surface area contributed by atoms with Crippen molar-refractivity contribution in [2.45, 2.75) is 0 Å². The highest BCUT2D eigenvalue weighted by atomic mass is 16.6. The van der Waals surface area contributed by atoms with Crippen LogP contribution in [0.3, 0.4) is 0 Å². The third kappa shape index (κ3) is 3.21. The first-order valence-corrected chi connectivity index (χ1v) is 10.0. The van der Waals surface area contributed by atoms with Gasteiger partial charge in [-0.25, -0.2) is 9.69 Å². The van der Waals surface area contributed by atoms with Crippen molar-refractivity contribution in [1.29, 1.82) is 0 Å². The zero-order chi connectivity index (χ0) is 24.0. The van der Waals surface area contributed by atoms with Gasteiger partial charge in [0.15, 0.2) is 0 Å². The van der Waals surface area contributed by atoms with E-state index in [1.165, 1.54) is 30.3 Å². The maximum atomic E-state index is 13.2. The number of carbonyl (C=O) groups excluding carboxylic acids is 2. The minimum Gasteiger partial charge on any atom is -0.478 e. The molecule has 0 unspecified atom stereocenters. The van der Waals surface area contributed by atoms with Crippen LogP contribution in [0.1, 0.15) is 42.3 Å². The van der Waals surface area contributed by atoms with Crippen LogP contribution in [-0.4, -0.2) is 38.0 Å². The predicted octanol–water partition coefficient (Wildman–Crippen LogP) is 4.14. The summed E-state index contributed by atoms with van der Waals surface area (Å²) in [6.07, 6.45) is 3.26. The second kappa shape index (κ2) is 7.78. The Morgan fingerprint density at radius 3 is 2.59 bits per heavy atom. The smallest absolute Gasteiger partial charge is 0.335 e. The molecule has 0 bridgehead atoms. The number of fused-ring (bicyclic) bond motifs is 2. The number of aromatic carboxylic acids is 1. The zero-order valence-electron chi connectivity index (χ0n) is 17.3. The van der Waals surface area contributed by atoms with Crippen LogP contribution in [0.15, 0.2) is 60.7 Å². The average Bonchev–Trinajstić information content (AvgIpc) is 3.36. The standard InChI is InChI=1S/C24H14N4O6/c29-22-16-5-3-7-19(28(33)34)21(16)23(30)27(22)20-12-14(24(31)32)9-8-13(20)10-11-18-15-4-1-2-6-17(15)25-26-18/h1-12H,(H,25,26)(H,31,32)/b11-10+. The summed E-state index contributed by atoms with van der Waals surface area (Å²) in [6.45, 7) is 0. The molecule has 4 aromatic rings. The molecule has 1 aliphatic heterocycles. The van der Waals surface area contributed by atoms with E-state index in [-0.39, 0.29) is 22.4 Å². The monoisotopic (exact) mass is 454 g/mol. The van der Waals surface area contributed by atoms with Gasteiger partial charge in [0.05, 0.1) is 32.9 Å². The summed E-state index contributed by atoms with van der Waals surface area (Å²) >= 11 is 0. The number of amides is 2. The van der Waals surface area contributed by atoms with E-state index in [4.69, 9.17) is 0 Å². The fraction of sp³-hybridized carbons (Fsp3) is 0. The van der Waals surface area contributed by atoms with E-state index in [9.17, 15) is 29.6 Å². The van der Waals surface area contributed by atoms with Crippen molar-refractivity contribution in [2.75, 3.05) is 4.90 Å². The quantitative estimate of drug-likeness (QED) is 0.262. The maximum Gasteiger partial charge on any atom is 0.335 e. The van der Waals surface area contributed by atoms with Gasteiger partial charge < -0.3 is 5.11 Å². The first-order chi connectivity index (χ1) is 16.4. The molecule has 3 aromatic carbocycles. The number of nitro groups is 1. The summed E-state index contributed by atoms with van der Waals surface area (Å²) in [5, 5.41) is 28.9. The molecule has 0 saturated carbocycles. The van der Waals surface area contributed by atoms with Gasteiger partial charge in [-0.15, -0.1) is 0 Å². The predicted molar refractivity (Wildman–Crippen MR) is 123 cm³/mol. The highest BCUT2D eigenvalue weighted by Gasteiger charge is 2.42. The van der Waals surface area contributed by atoms with E-state index >= 15 is 0 Å². The summed E-state index contributed by atoms with van der Waals surface area (Å²) in [7, 11) is 0. The Kier molecular flexibility index (Phi) is 4.75. The normalized spacial score (nSPS) is 13.1. The Morgan fingerprint density at radius 2 is 1.82 bits per heavy atom. The van der Waals surface area contributed by atoms with Gasteiger partial charge in [0.1, 0.15) is 5.56 Å². The number of imide groups is 1. The lowest BCUT2D eigenvalue weighted by Crippen LogP contribution is -2.30. The Bertz CT molecular complexity index is 1570. The SMILES string of the molecule is O=C(O)c1ccc(/C=C/c2n[nH]c3ccccc23)c(N2C(=O)c3cccc([N+](=O)[O-])c3C2=O)c1. The molecule has 2 heterocycles. The van der Waals surface area contributed by atoms with Gasteiger partial charge in [0.25, 0.3) is 17.5 Å². The van der Waals surface area contributed by atoms with Crippen molar-refractivity contribution in [3.05, 3.63) is 98.7 Å². The summed E-state index contributed by atoms with van der Waals surface area (Å²) < 4.78 is 0. The van der Waals surface area contributed by atoms with Crippen molar-refractivity contribution in [3.8, 4) is 0 Å². The van der Waals surface area contributed by atoms with Crippen LogP contribution < -0.4 is 4.90 Å². The highest BCUT2D eigenvalue weighted by Crippen LogP contribution is 2.36. The number of H-pyrrole nitrogens is 1. The van der Waals surface area contributed by atoms with Gasteiger partial charge in [0, 0.05) is 11.5 Å². The minimum absolute atomic E-state index is 0.00325. The number of aromatic nitrogens is 2. The molecule has 2 N–H and O–H groups in total. The summed E-state index contributed by atoms with van der Waals surface area (Å²) in [6, 6.07) is 15.2.